The van der Waals surface area contributed by atoms with E-state index >= 15 is 0 Å². The maximum atomic E-state index is 8.96. The van der Waals surface area contributed by atoms with E-state index in [1.807, 2.05) is 0 Å². The van der Waals surface area contributed by atoms with Crippen molar-refractivity contribution in [3.05, 3.63) is 0 Å². The molecule has 1 rings (SSSR count). The highest BCUT2D eigenvalue weighted by Gasteiger charge is 2.33. The third-order valence-electron chi connectivity index (χ3n) is 1.93. The van der Waals surface area contributed by atoms with Crippen LogP contribution in [0.4, 0.5) is 0 Å². The SMILES string of the molecule is OCC1CC(OSI)C(OSI)CO1. The van der Waals surface area contributed by atoms with Crippen LogP contribution in [0.5, 0.6) is 0 Å². The van der Waals surface area contributed by atoms with Crippen molar-refractivity contribution in [2.24, 2.45) is 0 Å². The molecule has 3 atom stereocenters. The van der Waals surface area contributed by atoms with Crippen molar-refractivity contribution in [1.29, 1.82) is 0 Å². The second kappa shape index (κ2) is 8.14. The minimum Gasteiger partial charge on any atom is -0.394 e. The number of aliphatic hydroxyl groups excluding tert-OH is 1. The molecule has 8 heteroatoms. The van der Waals surface area contributed by atoms with Gasteiger partial charge < -0.3 is 9.84 Å². The first-order chi connectivity index (χ1) is 6.81. The Kier molecular flexibility index (Phi) is 8.18. The summed E-state index contributed by atoms with van der Waals surface area (Å²) >= 11 is 4.14. The molecule has 84 valence electrons. The molecule has 1 N–H and O–H groups in total. The van der Waals surface area contributed by atoms with Crippen LogP contribution < -0.4 is 0 Å². The zero-order chi connectivity index (χ0) is 10.4. The fourth-order valence-electron chi connectivity index (χ4n) is 1.23. The van der Waals surface area contributed by atoms with Crippen molar-refractivity contribution in [3.63, 3.8) is 0 Å². The van der Waals surface area contributed by atoms with Crippen molar-refractivity contribution in [2.75, 3.05) is 13.2 Å². The van der Waals surface area contributed by atoms with Crippen molar-refractivity contribution in [3.8, 4) is 0 Å². The summed E-state index contributed by atoms with van der Waals surface area (Å²) in [5.41, 5.74) is 0. The standard InChI is InChI=1S/C6H10I2O4S2/c7-13-11-5-1-4(2-9)10-3-6(5)12-14-8/h4-6,9H,1-3H2. The molecular formula is C6H10I2O4S2. The Bertz CT molecular complexity index is 165. The molecular weight excluding hydrogens is 454 g/mol. The fraction of sp³-hybridized carbons (Fsp3) is 1.00. The maximum absolute atomic E-state index is 8.96. The van der Waals surface area contributed by atoms with Gasteiger partial charge in [-0.25, -0.2) is 0 Å². The summed E-state index contributed by atoms with van der Waals surface area (Å²) in [6.45, 7) is 0.513. The summed E-state index contributed by atoms with van der Waals surface area (Å²) in [4.78, 5) is 0. The van der Waals surface area contributed by atoms with Gasteiger partial charge in [0.1, 0.15) is 12.2 Å². The van der Waals surface area contributed by atoms with E-state index < -0.39 is 0 Å². The summed E-state index contributed by atoms with van der Waals surface area (Å²) in [5, 5.41) is 8.96. The van der Waals surface area contributed by atoms with Crippen LogP contribution in [0.3, 0.4) is 0 Å². The van der Waals surface area contributed by atoms with Crippen LogP contribution in [0.1, 0.15) is 6.42 Å². The molecule has 1 saturated heterocycles. The van der Waals surface area contributed by atoms with Gasteiger partial charge in [0.05, 0.1) is 37.7 Å². The molecule has 4 nitrogen and oxygen atoms in total. The summed E-state index contributed by atoms with van der Waals surface area (Å²) in [6, 6.07) is 0. The lowest BCUT2D eigenvalue weighted by molar-refractivity contribution is -0.105. The molecule has 0 saturated carbocycles. The average molecular weight is 464 g/mol. The van der Waals surface area contributed by atoms with Gasteiger partial charge in [0.25, 0.3) is 0 Å². The highest BCUT2D eigenvalue weighted by Crippen LogP contribution is 2.29. The van der Waals surface area contributed by atoms with E-state index in [0.29, 0.717) is 13.0 Å². The molecule has 0 spiro atoms. The lowest BCUT2D eigenvalue weighted by Crippen LogP contribution is -2.43. The van der Waals surface area contributed by atoms with Gasteiger partial charge in [0.2, 0.25) is 0 Å². The molecule has 0 aromatic rings. The predicted molar refractivity (Wildman–Crippen MR) is 74.4 cm³/mol. The van der Waals surface area contributed by atoms with Gasteiger partial charge in [-0.1, -0.05) is 0 Å². The summed E-state index contributed by atoms with van der Waals surface area (Å²) in [7, 11) is 2.57. The van der Waals surface area contributed by atoms with Crippen molar-refractivity contribution in [1.82, 2.24) is 0 Å². The minimum absolute atomic E-state index is 0.00920. The first kappa shape index (κ1) is 14.1. The summed E-state index contributed by atoms with van der Waals surface area (Å²) in [5.74, 6) is 0. The van der Waals surface area contributed by atoms with E-state index in [1.165, 1.54) is 18.4 Å². The number of aliphatic hydroxyl groups is 1. The maximum Gasteiger partial charge on any atom is 0.124 e. The normalized spacial score (nSPS) is 33.2. The highest BCUT2D eigenvalue weighted by atomic mass is 127. The second-order valence-electron chi connectivity index (χ2n) is 2.77. The minimum atomic E-state index is -0.123. The molecule has 0 aromatic heterocycles. The first-order valence-electron chi connectivity index (χ1n) is 3.92. The number of hydrogen-bond donors (Lipinski definition) is 1. The largest absolute Gasteiger partial charge is 0.394 e. The molecule has 0 radical (unpaired) electrons. The molecule has 14 heavy (non-hydrogen) atoms. The van der Waals surface area contributed by atoms with Crippen LogP contribution in [0.25, 0.3) is 0 Å². The van der Waals surface area contributed by atoms with Crippen LogP contribution >= 0.6 is 60.8 Å². The Morgan fingerprint density at radius 2 is 1.93 bits per heavy atom. The van der Waals surface area contributed by atoms with E-state index in [4.69, 9.17) is 18.2 Å². The Balaban J connectivity index is 2.42. The second-order valence-corrected chi connectivity index (χ2v) is 5.56. The quantitative estimate of drug-likeness (QED) is 0.499. The first-order valence-corrected chi connectivity index (χ1v) is 10.5. The molecule has 1 fully saturated rings. The topological polar surface area (TPSA) is 47.9 Å². The summed E-state index contributed by atoms with van der Waals surface area (Å²) in [6.07, 6.45) is 0.489. The molecule has 0 bridgehead atoms. The van der Waals surface area contributed by atoms with Gasteiger partial charge in [-0.3, -0.25) is 8.37 Å². The molecule has 0 aliphatic carbocycles. The van der Waals surface area contributed by atoms with E-state index in [-0.39, 0.29) is 24.9 Å². The van der Waals surface area contributed by atoms with Crippen LogP contribution in [0, 0.1) is 0 Å². The third-order valence-corrected chi connectivity index (χ3v) is 3.82. The Labute approximate surface area is 116 Å². The van der Waals surface area contributed by atoms with E-state index in [0.717, 1.165) is 0 Å². The lowest BCUT2D eigenvalue weighted by atomic mass is 10.0. The Morgan fingerprint density at radius 3 is 2.50 bits per heavy atom. The van der Waals surface area contributed by atoms with Crippen molar-refractivity contribution < 1.29 is 18.2 Å². The average Bonchev–Trinajstić information content (AvgIpc) is 2.21. The van der Waals surface area contributed by atoms with E-state index in [9.17, 15) is 0 Å². The fourth-order valence-corrected chi connectivity index (χ4v) is 3.40. The molecule has 0 amide bonds. The van der Waals surface area contributed by atoms with Gasteiger partial charge >= 0.3 is 0 Å². The van der Waals surface area contributed by atoms with E-state index in [1.54, 1.807) is 0 Å². The Hall–Kier alpha value is 2.00. The van der Waals surface area contributed by atoms with Crippen LogP contribution in [0.15, 0.2) is 0 Å². The van der Waals surface area contributed by atoms with Gasteiger partial charge in [0, 0.05) is 48.8 Å². The lowest BCUT2D eigenvalue weighted by Gasteiger charge is -2.33. The zero-order valence-electron chi connectivity index (χ0n) is 7.10. The van der Waals surface area contributed by atoms with Gasteiger partial charge in [-0.15, -0.1) is 0 Å². The smallest absolute Gasteiger partial charge is 0.124 e. The number of ether oxygens (including phenoxy) is 1. The van der Waals surface area contributed by atoms with Gasteiger partial charge in [0.15, 0.2) is 0 Å². The number of hydrogen-bond acceptors (Lipinski definition) is 6. The van der Waals surface area contributed by atoms with Gasteiger partial charge in [-0.05, 0) is 0 Å². The van der Waals surface area contributed by atoms with Crippen LogP contribution in [-0.2, 0) is 13.1 Å². The van der Waals surface area contributed by atoms with Gasteiger partial charge in [-0.2, -0.15) is 0 Å². The predicted octanol–water partition coefficient (Wildman–Crippen LogP) is 2.53. The number of halogens is 2. The molecule has 1 aliphatic heterocycles. The summed E-state index contributed by atoms with van der Waals surface area (Å²) < 4.78 is 16.2. The number of rotatable bonds is 5. The Morgan fingerprint density at radius 1 is 1.29 bits per heavy atom. The highest BCUT2D eigenvalue weighted by molar-refractivity contribution is 14.2. The van der Waals surface area contributed by atoms with Crippen LogP contribution in [-0.4, -0.2) is 36.6 Å². The molecule has 0 aromatic carbocycles. The zero-order valence-corrected chi connectivity index (χ0v) is 13.0. The van der Waals surface area contributed by atoms with Crippen molar-refractivity contribution >= 4 is 60.8 Å². The molecule has 1 heterocycles. The van der Waals surface area contributed by atoms with E-state index in [2.05, 4.69) is 42.4 Å². The third kappa shape index (κ3) is 4.47. The van der Waals surface area contributed by atoms with Crippen LogP contribution in [0.2, 0.25) is 0 Å². The molecule has 3 unspecified atom stereocenters. The molecule has 1 aliphatic rings. The van der Waals surface area contributed by atoms with Crippen molar-refractivity contribution in [2.45, 2.75) is 24.7 Å². The monoisotopic (exact) mass is 464 g/mol.